The van der Waals surface area contributed by atoms with Crippen LogP contribution in [-0.4, -0.2) is 12.1 Å². The van der Waals surface area contributed by atoms with Gasteiger partial charge < -0.3 is 4.74 Å². The molecular formula is C20H19NO. The molecule has 1 fully saturated rings. The Kier molecular flexibility index (Phi) is 3.30. The molecule has 0 bridgehead atoms. The molecule has 1 aromatic heterocycles. The lowest BCUT2D eigenvalue weighted by Crippen LogP contribution is -2.21. The molecule has 1 heterocycles. The molecule has 0 radical (unpaired) electrons. The molecule has 4 rings (SSSR count). The summed E-state index contributed by atoms with van der Waals surface area (Å²) in [6.07, 6.45) is 4.38. The highest BCUT2D eigenvalue weighted by Crippen LogP contribution is 2.49. The molecule has 1 saturated carbocycles. The first-order chi connectivity index (χ1) is 10.8. The van der Waals surface area contributed by atoms with E-state index in [0.717, 1.165) is 11.3 Å². The highest BCUT2D eigenvalue weighted by atomic mass is 16.5. The molecule has 2 nitrogen and oxygen atoms in total. The van der Waals surface area contributed by atoms with Gasteiger partial charge in [0.2, 0.25) is 0 Å². The van der Waals surface area contributed by atoms with Gasteiger partial charge in [0.05, 0.1) is 12.6 Å². The van der Waals surface area contributed by atoms with Crippen LogP contribution in [0.5, 0.6) is 5.75 Å². The summed E-state index contributed by atoms with van der Waals surface area (Å²) < 4.78 is 5.25. The predicted octanol–water partition coefficient (Wildman–Crippen LogP) is 4.90. The average molecular weight is 289 g/mol. The topological polar surface area (TPSA) is 22.1 Å². The molecule has 22 heavy (non-hydrogen) atoms. The number of methoxy groups -OCH3 is 1. The van der Waals surface area contributed by atoms with E-state index >= 15 is 0 Å². The van der Waals surface area contributed by atoms with Gasteiger partial charge in [-0.25, -0.2) is 0 Å². The fraction of sp³-hybridized carbons (Fsp3) is 0.250. The molecule has 3 aromatic rings. The molecule has 110 valence electrons. The van der Waals surface area contributed by atoms with Crippen molar-refractivity contribution >= 4 is 10.9 Å². The Labute approximate surface area is 130 Å². The summed E-state index contributed by atoms with van der Waals surface area (Å²) in [6.45, 7) is 0. The van der Waals surface area contributed by atoms with E-state index in [2.05, 4.69) is 53.5 Å². The molecular weight excluding hydrogens is 270 g/mol. The first kappa shape index (κ1) is 13.3. The normalized spacial score (nSPS) is 20.6. The average Bonchev–Trinajstić information content (AvgIpc) is 2.54. The van der Waals surface area contributed by atoms with Gasteiger partial charge in [-0.05, 0) is 66.1 Å². The highest BCUT2D eigenvalue weighted by molar-refractivity contribution is 5.79. The third-order valence-electron chi connectivity index (χ3n) is 4.87. The second-order valence-electron chi connectivity index (χ2n) is 6.02. The third kappa shape index (κ3) is 2.25. The third-order valence-corrected chi connectivity index (χ3v) is 4.87. The van der Waals surface area contributed by atoms with Crippen molar-refractivity contribution in [1.82, 2.24) is 4.98 Å². The van der Waals surface area contributed by atoms with Crippen LogP contribution in [0.15, 0.2) is 60.8 Å². The molecule has 2 heteroatoms. The maximum atomic E-state index is 5.25. The van der Waals surface area contributed by atoms with Gasteiger partial charge in [0, 0.05) is 11.6 Å². The van der Waals surface area contributed by atoms with Crippen molar-refractivity contribution in [2.45, 2.75) is 24.7 Å². The Morgan fingerprint density at radius 2 is 1.64 bits per heavy atom. The van der Waals surface area contributed by atoms with Gasteiger partial charge in [0.1, 0.15) is 5.75 Å². The number of pyridine rings is 1. The van der Waals surface area contributed by atoms with Crippen LogP contribution in [0.4, 0.5) is 0 Å². The van der Waals surface area contributed by atoms with Crippen LogP contribution in [0.1, 0.15) is 35.8 Å². The van der Waals surface area contributed by atoms with Gasteiger partial charge in [0.25, 0.3) is 0 Å². The minimum atomic E-state index is 0.623. The summed E-state index contributed by atoms with van der Waals surface area (Å²) in [7, 11) is 1.71. The second kappa shape index (κ2) is 5.45. The molecule has 0 saturated heterocycles. The van der Waals surface area contributed by atoms with Crippen LogP contribution in [0, 0.1) is 0 Å². The maximum Gasteiger partial charge on any atom is 0.118 e. The first-order valence-corrected chi connectivity index (χ1v) is 7.84. The summed E-state index contributed by atoms with van der Waals surface area (Å²) in [5.41, 5.74) is 3.93. The Morgan fingerprint density at radius 3 is 2.36 bits per heavy atom. The van der Waals surface area contributed by atoms with Crippen molar-refractivity contribution in [2.24, 2.45) is 0 Å². The van der Waals surface area contributed by atoms with Crippen molar-refractivity contribution in [3.63, 3.8) is 0 Å². The molecule has 2 unspecified atom stereocenters. The summed E-state index contributed by atoms with van der Waals surface area (Å²) in [6, 6.07) is 19.4. The van der Waals surface area contributed by atoms with Gasteiger partial charge in [-0.15, -0.1) is 0 Å². The van der Waals surface area contributed by atoms with E-state index in [9.17, 15) is 0 Å². The molecule has 1 aliphatic rings. The molecule has 0 spiro atoms. The second-order valence-corrected chi connectivity index (χ2v) is 6.02. The quantitative estimate of drug-likeness (QED) is 0.684. The van der Waals surface area contributed by atoms with E-state index in [0.29, 0.717) is 11.8 Å². The van der Waals surface area contributed by atoms with E-state index in [1.165, 1.54) is 29.4 Å². The van der Waals surface area contributed by atoms with Crippen LogP contribution in [0.2, 0.25) is 0 Å². The smallest absolute Gasteiger partial charge is 0.118 e. The van der Waals surface area contributed by atoms with E-state index in [1.54, 1.807) is 7.11 Å². The number of hydrogen-bond donors (Lipinski definition) is 0. The molecule has 0 amide bonds. The molecule has 1 aliphatic carbocycles. The number of aromatic nitrogens is 1. The van der Waals surface area contributed by atoms with Crippen molar-refractivity contribution in [3.05, 3.63) is 71.9 Å². The van der Waals surface area contributed by atoms with Crippen LogP contribution in [0.3, 0.4) is 0 Å². The van der Waals surface area contributed by atoms with Crippen molar-refractivity contribution in [2.75, 3.05) is 7.11 Å². The van der Waals surface area contributed by atoms with Crippen LogP contribution in [0.25, 0.3) is 10.9 Å². The first-order valence-electron chi connectivity index (χ1n) is 7.84. The Hall–Kier alpha value is -2.35. The van der Waals surface area contributed by atoms with Gasteiger partial charge >= 0.3 is 0 Å². The monoisotopic (exact) mass is 289 g/mol. The number of fused-ring (bicyclic) bond motifs is 1. The Balaban J connectivity index is 1.63. The van der Waals surface area contributed by atoms with Gasteiger partial charge in [0.15, 0.2) is 0 Å². The van der Waals surface area contributed by atoms with Crippen molar-refractivity contribution in [1.29, 1.82) is 0 Å². The summed E-state index contributed by atoms with van der Waals surface area (Å²) in [5.74, 6) is 2.18. The Morgan fingerprint density at radius 1 is 0.909 bits per heavy atom. The van der Waals surface area contributed by atoms with E-state index in [4.69, 9.17) is 4.74 Å². The number of ether oxygens (including phenoxy) is 1. The molecule has 0 N–H and O–H groups in total. The number of hydrogen-bond acceptors (Lipinski definition) is 2. The Bertz CT molecular complexity index is 794. The lowest BCUT2D eigenvalue weighted by atomic mass is 9.67. The molecule has 0 aliphatic heterocycles. The van der Waals surface area contributed by atoms with Crippen molar-refractivity contribution < 1.29 is 4.74 Å². The van der Waals surface area contributed by atoms with Gasteiger partial charge in [-0.3, -0.25) is 4.98 Å². The predicted molar refractivity (Wildman–Crippen MR) is 89.5 cm³/mol. The zero-order chi connectivity index (χ0) is 14.9. The largest absolute Gasteiger partial charge is 0.497 e. The standard InChI is InChI=1S/C20H19NO/c1-22-17-7-4-14(5-8-17)18-9-10-19(18)15-6-11-20-16(13-15)3-2-12-21-20/h2-8,11-13,18-19H,9-10H2,1H3. The highest BCUT2D eigenvalue weighted by Gasteiger charge is 2.33. The minimum absolute atomic E-state index is 0.623. The lowest BCUT2D eigenvalue weighted by molar-refractivity contribution is 0.346. The maximum absolute atomic E-state index is 5.25. The van der Waals surface area contributed by atoms with Crippen LogP contribution in [-0.2, 0) is 0 Å². The van der Waals surface area contributed by atoms with E-state index < -0.39 is 0 Å². The lowest BCUT2D eigenvalue weighted by Gasteiger charge is -2.37. The number of nitrogens with zero attached hydrogens (tertiary/aromatic N) is 1. The molecule has 2 aromatic carbocycles. The fourth-order valence-corrected chi connectivity index (χ4v) is 3.47. The SMILES string of the molecule is COc1ccc(C2CCC2c2ccc3ncccc3c2)cc1. The summed E-state index contributed by atoms with van der Waals surface area (Å²) >= 11 is 0. The van der Waals surface area contributed by atoms with Gasteiger partial charge in [-0.2, -0.15) is 0 Å². The summed E-state index contributed by atoms with van der Waals surface area (Å²) in [5, 5.41) is 1.24. The number of benzene rings is 2. The minimum Gasteiger partial charge on any atom is -0.497 e. The van der Waals surface area contributed by atoms with E-state index in [-0.39, 0.29) is 0 Å². The number of rotatable bonds is 3. The summed E-state index contributed by atoms with van der Waals surface area (Å²) in [4.78, 5) is 4.41. The van der Waals surface area contributed by atoms with Crippen molar-refractivity contribution in [3.8, 4) is 5.75 Å². The van der Waals surface area contributed by atoms with E-state index in [1.807, 2.05) is 12.3 Å². The van der Waals surface area contributed by atoms with Crippen LogP contribution < -0.4 is 4.74 Å². The fourth-order valence-electron chi connectivity index (χ4n) is 3.47. The van der Waals surface area contributed by atoms with Crippen LogP contribution >= 0.6 is 0 Å². The zero-order valence-corrected chi connectivity index (χ0v) is 12.7. The van der Waals surface area contributed by atoms with Gasteiger partial charge in [-0.1, -0.05) is 24.3 Å². The zero-order valence-electron chi connectivity index (χ0n) is 12.7. The molecule has 2 atom stereocenters.